The van der Waals surface area contributed by atoms with Crippen molar-refractivity contribution in [1.29, 1.82) is 0 Å². The number of ketones is 2. The van der Waals surface area contributed by atoms with Crippen molar-refractivity contribution < 1.29 is 9.59 Å². The Hall–Kier alpha value is -3.14. The van der Waals surface area contributed by atoms with E-state index < -0.39 is 0 Å². The van der Waals surface area contributed by atoms with Crippen LogP contribution in [-0.2, 0) is 0 Å². The summed E-state index contributed by atoms with van der Waals surface area (Å²) in [5, 5.41) is 6.66. The summed E-state index contributed by atoms with van der Waals surface area (Å²) in [6, 6.07) is 18.8. The van der Waals surface area contributed by atoms with Gasteiger partial charge in [0.15, 0.2) is 11.6 Å². The van der Waals surface area contributed by atoms with E-state index in [4.69, 9.17) is 0 Å². The number of hydrogen-bond acceptors (Lipinski definition) is 4. The van der Waals surface area contributed by atoms with Crippen LogP contribution in [0.2, 0.25) is 0 Å². The first-order valence-electron chi connectivity index (χ1n) is 17.5. The van der Waals surface area contributed by atoms with Gasteiger partial charge in [-0.3, -0.25) is 9.59 Å². The molecule has 0 unspecified atom stereocenters. The van der Waals surface area contributed by atoms with Gasteiger partial charge in [-0.15, -0.1) is 0 Å². The number of carbonyl (C=O) groups is 2. The van der Waals surface area contributed by atoms with Gasteiger partial charge in [0.1, 0.15) is 0 Å². The topological polar surface area (TPSA) is 58.2 Å². The predicted octanol–water partition coefficient (Wildman–Crippen LogP) is 11.0. The van der Waals surface area contributed by atoms with Gasteiger partial charge in [-0.1, -0.05) is 164 Å². The first-order chi connectivity index (χ1) is 21.5. The van der Waals surface area contributed by atoms with E-state index in [0.29, 0.717) is 0 Å². The molecule has 4 nitrogen and oxygen atoms in total. The van der Waals surface area contributed by atoms with Gasteiger partial charge in [0.25, 0.3) is 0 Å². The van der Waals surface area contributed by atoms with Crippen LogP contribution in [0.3, 0.4) is 0 Å². The van der Waals surface area contributed by atoms with Crippen molar-refractivity contribution >= 4 is 11.6 Å². The van der Waals surface area contributed by atoms with E-state index in [1.807, 2.05) is 74.5 Å². The first kappa shape index (κ1) is 38.9. The molecule has 0 aromatic heterocycles. The highest BCUT2D eigenvalue weighted by atomic mass is 16.1. The zero-order valence-electron chi connectivity index (χ0n) is 28.5. The van der Waals surface area contributed by atoms with Crippen molar-refractivity contribution in [3.63, 3.8) is 0 Å². The van der Waals surface area contributed by atoms with Crippen molar-refractivity contribution in [2.75, 3.05) is 13.1 Å². The van der Waals surface area contributed by atoms with Crippen molar-refractivity contribution in [3.05, 3.63) is 95.3 Å². The largest absolute Gasteiger partial charge is 0.388 e. The Labute approximate surface area is 270 Å². The van der Waals surface area contributed by atoms with Gasteiger partial charge in [0.2, 0.25) is 0 Å². The second-order valence-corrected chi connectivity index (χ2v) is 11.9. The zero-order chi connectivity index (χ0) is 32.1. The summed E-state index contributed by atoms with van der Waals surface area (Å²) in [5.41, 5.74) is 3.40. The highest BCUT2D eigenvalue weighted by Gasteiger charge is 2.03. The molecule has 0 atom stereocenters. The average Bonchev–Trinajstić information content (AvgIpc) is 3.04. The molecule has 0 radical (unpaired) electrons. The fourth-order valence-electron chi connectivity index (χ4n) is 4.96. The summed E-state index contributed by atoms with van der Waals surface area (Å²) in [6.45, 7) is 10.3. The lowest BCUT2D eigenvalue weighted by Gasteiger charge is -2.06. The number of nitrogens with one attached hydrogen (secondary N) is 2. The lowest BCUT2D eigenvalue weighted by atomic mass is 10.1. The quantitative estimate of drug-likeness (QED) is 0.0713. The first-order valence-corrected chi connectivity index (χ1v) is 17.5. The number of carbonyl (C=O) groups excluding carboxylic acids is 2. The average molecular weight is 603 g/mol. The molecule has 0 fully saturated rings. The van der Waals surface area contributed by atoms with Crippen LogP contribution in [0, 0.1) is 0 Å². The monoisotopic (exact) mass is 602 g/mol. The van der Waals surface area contributed by atoms with Crippen molar-refractivity contribution in [2.24, 2.45) is 0 Å². The highest BCUT2D eigenvalue weighted by Crippen LogP contribution is 2.11. The van der Waals surface area contributed by atoms with Gasteiger partial charge in [0, 0.05) is 47.8 Å². The smallest absolute Gasteiger partial charge is 0.187 e. The predicted molar refractivity (Wildman–Crippen MR) is 190 cm³/mol. The highest BCUT2D eigenvalue weighted by molar-refractivity contribution is 6.05. The summed E-state index contributed by atoms with van der Waals surface area (Å²) in [5.74, 6) is 0.141. The van der Waals surface area contributed by atoms with E-state index >= 15 is 0 Å². The third-order valence-electron chi connectivity index (χ3n) is 7.68. The van der Waals surface area contributed by atoms with Gasteiger partial charge in [-0.2, -0.15) is 0 Å². The molecule has 0 amide bonds. The van der Waals surface area contributed by atoms with E-state index in [0.717, 1.165) is 35.6 Å². The Balaban J connectivity index is 0.000000447. The Bertz CT molecular complexity index is 1040. The van der Waals surface area contributed by atoms with Gasteiger partial charge < -0.3 is 10.6 Å². The van der Waals surface area contributed by atoms with Crippen molar-refractivity contribution in [1.82, 2.24) is 10.6 Å². The molecule has 0 saturated carbocycles. The van der Waals surface area contributed by atoms with E-state index in [2.05, 4.69) is 24.5 Å². The molecule has 2 aromatic carbocycles. The molecule has 2 rings (SSSR count). The molecule has 0 bridgehead atoms. The maximum atomic E-state index is 12.0. The molecule has 0 saturated heterocycles. The van der Waals surface area contributed by atoms with E-state index in [1.165, 1.54) is 103 Å². The lowest BCUT2D eigenvalue weighted by molar-refractivity contribution is 0.103. The SMILES string of the molecule is CCCCCCCCCCCCNC(C)=CC(=O)c1ccccc1.CCCCCCCCNC(C)=CC(=O)c1ccccc1. The van der Waals surface area contributed by atoms with Crippen LogP contribution in [-0.4, -0.2) is 24.7 Å². The Kier molecular flexibility index (Phi) is 24.2. The van der Waals surface area contributed by atoms with E-state index in [1.54, 1.807) is 12.2 Å². The summed E-state index contributed by atoms with van der Waals surface area (Å²) >= 11 is 0. The number of unbranched alkanes of at least 4 members (excludes halogenated alkanes) is 14. The van der Waals surface area contributed by atoms with Crippen LogP contribution >= 0.6 is 0 Å². The minimum absolute atomic E-state index is 0.0681. The Morgan fingerprint density at radius 1 is 0.477 bits per heavy atom. The van der Waals surface area contributed by atoms with Crippen LogP contribution in [0.25, 0.3) is 0 Å². The molecule has 0 spiro atoms. The zero-order valence-corrected chi connectivity index (χ0v) is 28.5. The number of benzene rings is 2. The molecule has 2 N–H and O–H groups in total. The van der Waals surface area contributed by atoms with Gasteiger partial charge in [-0.05, 0) is 26.7 Å². The molecule has 0 aliphatic carbocycles. The van der Waals surface area contributed by atoms with E-state index in [-0.39, 0.29) is 11.6 Å². The van der Waals surface area contributed by atoms with Crippen LogP contribution in [0.15, 0.2) is 84.2 Å². The number of rotatable bonds is 24. The molecular formula is C40H62N2O2. The standard InChI is InChI=1S/C22H35NO.C18H27NO/c1-3-4-5-6-7-8-9-10-11-15-18-23-20(2)19-22(24)21-16-13-12-14-17-21;1-3-4-5-6-7-11-14-19-16(2)15-18(20)17-12-9-8-10-13-17/h12-14,16-17,19,23H,3-11,15,18H2,1-2H3;8-10,12-13,15,19H,3-7,11,14H2,1-2H3. The molecule has 2 aromatic rings. The Morgan fingerprint density at radius 3 is 1.09 bits per heavy atom. The molecular weight excluding hydrogens is 540 g/mol. The van der Waals surface area contributed by atoms with Gasteiger partial charge in [-0.25, -0.2) is 0 Å². The van der Waals surface area contributed by atoms with Crippen LogP contribution in [0.5, 0.6) is 0 Å². The third-order valence-corrected chi connectivity index (χ3v) is 7.68. The van der Waals surface area contributed by atoms with Crippen molar-refractivity contribution in [3.8, 4) is 0 Å². The molecule has 0 aliphatic heterocycles. The molecule has 4 heteroatoms. The summed E-state index contributed by atoms with van der Waals surface area (Å²) < 4.78 is 0. The van der Waals surface area contributed by atoms with Crippen molar-refractivity contribution in [2.45, 2.75) is 130 Å². The lowest BCUT2D eigenvalue weighted by Crippen LogP contribution is -2.14. The van der Waals surface area contributed by atoms with Gasteiger partial charge in [0.05, 0.1) is 0 Å². The fraction of sp³-hybridized carbons (Fsp3) is 0.550. The minimum atomic E-state index is 0.0681. The number of allylic oxidation sites excluding steroid dienone is 4. The summed E-state index contributed by atoms with van der Waals surface area (Å²) in [4.78, 5) is 24.0. The second kappa shape index (κ2) is 27.4. The normalized spacial score (nSPS) is 11.5. The summed E-state index contributed by atoms with van der Waals surface area (Å²) in [7, 11) is 0. The molecule has 0 aliphatic rings. The molecule has 0 heterocycles. The van der Waals surface area contributed by atoms with Gasteiger partial charge >= 0.3 is 0 Å². The Morgan fingerprint density at radius 2 is 0.773 bits per heavy atom. The second-order valence-electron chi connectivity index (χ2n) is 11.9. The summed E-state index contributed by atoms with van der Waals surface area (Å²) in [6.07, 6.45) is 24.6. The van der Waals surface area contributed by atoms with Crippen LogP contribution in [0.4, 0.5) is 0 Å². The maximum absolute atomic E-state index is 12.0. The third kappa shape index (κ3) is 21.5. The molecule has 244 valence electrons. The van der Waals surface area contributed by atoms with E-state index in [9.17, 15) is 9.59 Å². The fourth-order valence-corrected chi connectivity index (χ4v) is 4.96. The number of hydrogen-bond donors (Lipinski definition) is 2. The maximum Gasteiger partial charge on any atom is 0.187 e. The van der Waals surface area contributed by atoms with Crippen LogP contribution < -0.4 is 10.6 Å². The van der Waals surface area contributed by atoms with Crippen LogP contribution in [0.1, 0.15) is 151 Å². The minimum Gasteiger partial charge on any atom is -0.388 e. The molecule has 44 heavy (non-hydrogen) atoms.